The molecule has 10 heteroatoms. The number of H-pyrrole nitrogens is 1. The number of nitrogens with one attached hydrogen (secondary N) is 1. The molecule has 116 valence electrons. The fourth-order valence-corrected chi connectivity index (χ4v) is 4.25. The number of hydrogen-bond donors (Lipinski definition) is 3. The zero-order valence-electron chi connectivity index (χ0n) is 11.2. The summed E-state index contributed by atoms with van der Waals surface area (Å²) in [5.74, 6) is 0. The molecule has 0 aromatic carbocycles. The molecule has 2 aliphatic rings. The van der Waals surface area contributed by atoms with Crippen LogP contribution in [0.3, 0.4) is 0 Å². The summed E-state index contributed by atoms with van der Waals surface area (Å²) in [6, 6.07) is 0. The highest BCUT2D eigenvalue weighted by molar-refractivity contribution is 7.53. The Kier molecular flexibility index (Phi) is 3.23. The smallest absolute Gasteiger partial charge is 0.330 e. The quantitative estimate of drug-likeness (QED) is 0.571. The molecule has 3 heterocycles. The van der Waals surface area contributed by atoms with E-state index >= 15 is 0 Å². The van der Waals surface area contributed by atoms with Gasteiger partial charge in [0.1, 0.15) is 11.7 Å². The molecule has 0 radical (unpaired) electrons. The lowest BCUT2D eigenvalue weighted by Gasteiger charge is -2.26. The first kappa shape index (κ1) is 14.7. The van der Waals surface area contributed by atoms with Crippen molar-refractivity contribution in [3.05, 3.63) is 32.6 Å². The van der Waals surface area contributed by atoms with Crippen LogP contribution in [0.5, 0.6) is 0 Å². The molecule has 21 heavy (non-hydrogen) atoms. The van der Waals surface area contributed by atoms with Crippen molar-refractivity contribution in [3.8, 4) is 0 Å². The second-order valence-corrected chi connectivity index (χ2v) is 7.30. The third kappa shape index (κ3) is 2.31. The number of aliphatic hydroxyl groups excluding tert-OH is 1. The molecule has 3 N–H and O–H groups in total. The molecule has 1 unspecified atom stereocenters. The third-order valence-electron chi connectivity index (χ3n) is 3.87. The van der Waals surface area contributed by atoms with Gasteiger partial charge in [-0.3, -0.25) is 23.4 Å². The summed E-state index contributed by atoms with van der Waals surface area (Å²) in [6.45, 7) is 1.41. The highest BCUT2D eigenvalue weighted by atomic mass is 31.2. The van der Waals surface area contributed by atoms with E-state index in [-0.39, 0.29) is 24.8 Å². The normalized spacial score (nSPS) is 39.2. The van der Waals surface area contributed by atoms with Crippen LogP contribution in [0.1, 0.15) is 18.2 Å². The van der Waals surface area contributed by atoms with Gasteiger partial charge in [-0.05, 0) is 13.3 Å². The van der Waals surface area contributed by atoms with Crippen molar-refractivity contribution in [2.45, 2.75) is 31.3 Å². The number of rotatable bonds is 1. The van der Waals surface area contributed by atoms with Crippen LogP contribution in [-0.2, 0) is 13.8 Å². The van der Waals surface area contributed by atoms with Crippen LogP contribution in [-0.4, -0.2) is 44.0 Å². The zero-order chi connectivity index (χ0) is 15.4. The Morgan fingerprint density at radius 1 is 1.52 bits per heavy atom. The van der Waals surface area contributed by atoms with Gasteiger partial charge in [-0.1, -0.05) is 0 Å². The molecule has 0 aliphatic carbocycles. The molecule has 4 atom stereocenters. The van der Waals surface area contributed by atoms with Gasteiger partial charge in [0.2, 0.25) is 0 Å². The highest BCUT2D eigenvalue weighted by Crippen LogP contribution is 2.58. The molecule has 2 aliphatic heterocycles. The molecular weight excluding hydrogens is 303 g/mol. The molecule has 0 saturated carbocycles. The lowest BCUT2D eigenvalue weighted by molar-refractivity contribution is -0.0426. The van der Waals surface area contributed by atoms with E-state index in [1.807, 2.05) is 0 Å². The van der Waals surface area contributed by atoms with E-state index in [4.69, 9.17) is 9.26 Å². The summed E-state index contributed by atoms with van der Waals surface area (Å²) in [6.07, 6.45) is -0.994. The van der Waals surface area contributed by atoms with Crippen molar-refractivity contribution in [2.75, 3.05) is 12.8 Å². The Hall–Kier alpha value is -1.25. The molecular formula is C11H15N2O7P. The Morgan fingerprint density at radius 3 is 2.86 bits per heavy atom. The Labute approximate surface area is 118 Å². The predicted octanol–water partition coefficient (Wildman–Crippen LogP) is -0.921. The van der Waals surface area contributed by atoms with Gasteiger partial charge in [0.05, 0.1) is 12.8 Å². The maximum atomic E-state index is 11.8. The van der Waals surface area contributed by atoms with Crippen LogP contribution in [0.15, 0.2) is 15.8 Å². The van der Waals surface area contributed by atoms with Crippen molar-refractivity contribution in [2.24, 2.45) is 0 Å². The molecule has 9 nitrogen and oxygen atoms in total. The molecule has 2 fully saturated rings. The first-order valence-corrected chi connectivity index (χ1v) is 8.15. The fraction of sp³-hybridized carbons (Fsp3) is 0.636. The van der Waals surface area contributed by atoms with Crippen molar-refractivity contribution < 1.29 is 23.8 Å². The Morgan fingerprint density at radius 2 is 2.24 bits per heavy atom. The van der Waals surface area contributed by atoms with E-state index in [1.54, 1.807) is 0 Å². The minimum Gasteiger partial charge on any atom is -0.385 e. The number of aliphatic hydroxyl groups is 1. The highest BCUT2D eigenvalue weighted by Gasteiger charge is 2.58. The van der Waals surface area contributed by atoms with Crippen molar-refractivity contribution in [3.63, 3.8) is 0 Å². The second kappa shape index (κ2) is 4.62. The predicted molar refractivity (Wildman–Crippen MR) is 70.2 cm³/mol. The Bertz CT molecular complexity index is 741. The van der Waals surface area contributed by atoms with E-state index in [0.29, 0.717) is 0 Å². The maximum Gasteiger partial charge on any atom is 0.330 e. The monoisotopic (exact) mass is 318 g/mol. The summed E-state index contributed by atoms with van der Waals surface area (Å²) < 4.78 is 23.1. The average molecular weight is 318 g/mol. The van der Waals surface area contributed by atoms with Gasteiger partial charge in [0, 0.05) is 11.8 Å². The summed E-state index contributed by atoms with van der Waals surface area (Å²) in [5.41, 5.74) is -2.25. The van der Waals surface area contributed by atoms with Gasteiger partial charge in [0.25, 0.3) is 5.56 Å². The van der Waals surface area contributed by atoms with E-state index < -0.39 is 36.8 Å². The number of hydrogen-bond acceptors (Lipinski definition) is 6. The third-order valence-corrected chi connectivity index (χ3v) is 5.31. The second-order valence-electron chi connectivity index (χ2n) is 5.39. The molecule has 1 spiro atoms. The van der Waals surface area contributed by atoms with Crippen LogP contribution < -0.4 is 11.2 Å². The van der Waals surface area contributed by atoms with Gasteiger partial charge in [-0.15, -0.1) is 0 Å². The molecule has 2 saturated heterocycles. The number of aromatic nitrogens is 2. The first-order valence-electron chi connectivity index (χ1n) is 6.38. The minimum absolute atomic E-state index is 0.0698. The summed E-state index contributed by atoms with van der Waals surface area (Å²) in [7, 11) is -3.73. The topological polar surface area (TPSA) is 131 Å². The van der Waals surface area contributed by atoms with Crippen LogP contribution in [0, 0.1) is 6.92 Å². The van der Waals surface area contributed by atoms with Crippen LogP contribution in [0.2, 0.25) is 0 Å². The van der Waals surface area contributed by atoms with Gasteiger partial charge in [-0.2, -0.15) is 0 Å². The summed E-state index contributed by atoms with van der Waals surface area (Å²) >= 11 is 0. The summed E-state index contributed by atoms with van der Waals surface area (Å²) in [4.78, 5) is 34.8. The summed E-state index contributed by atoms with van der Waals surface area (Å²) in [5, 5.41) is 10.4. The average Bonchev–Trinajstić information content (AvgIpc) is 2.87. The van der Waals surface area contributed by atoms with Gasteiger partial charge in [0.15, 0.2) is 6.23 Å². The number of aromatic amines is 1. The lowest BCUT2D eigenvalue weighted by Crippen LogP contribution is -2.44. The first-order chi connectivity index (χ1) is 9.74. The SMILES string of the molecule is Cc1cn([C@@H]2OC[C@]3(CCP(=O)(O)O3)[C@H]2O)c(=O)[nH]c1=O. The van der Waals surface area contributed by atoms with Gasteiger partial charge < -0.3 is 14.7 Å². The van der Waals surface area contributed by atoms with Crippen molar-refractivity contribution in [1.29, 1.82) is 0 Å². The van der Waals surface area contributed by atoms with Crippen LogP contribution >= 0.6 is 7.60 Å². The van der Waals surface area contributed by atoms with Crippen LogP contribution in [0.4, 0.5) is 0 Å². The Balaban J connectivity index is 1.97. The van der Waals surface area contributed by atoms with E-state index in [9.17, 15) is 24.2 Å². The van der Waals surface area contributed by atoms with Crippen LogP contribution in [0.25, 0.3) is 0 Å². The standard InChI is InChI=1S/C11H15N2O7P/c1-6-4-13(10(16)12-8(6)15)9-7(14)11(5-19-9)2-3-21(17,18)20-11/h4,7,9,14H,2-3,5H2,1H3,(H,17,18)(H,12,15,16)/t7-,9+,11+/m0/s1. The largest absolute Gasteiger partial charge is 0.385 e. The number of aryl methyl sites for hydroxylation is 1. The zero-order valence-corrected chi connectivity index (χ0v) is 12.1. The maximum absolute atomic E-state index is 11.8. The van der Waals surface area contributed by atoms with Crippen molar-refractivity contribution in [1.82, 2.24) is 9.55 Å². The minimum atomic E-state index is -3.73. The molecule has 3 rings (SSSR count). The molecule has 1 aromatic heterocycles. The fourth-order valence-electron chi connectivity index (χ4n) is 2.68. The molecule has 0 bridgehead atoms. The molecule has 1 aromatic rings. The van der Waals surface area contributed by atoms with E-state index in [1.165, 1.54) is 13.1 Å². The van der Waals surface area contributed by atoms with Crippen molar-refractivity contribution >= 4 is 7.60 Å². The lowest BCUT2D eigenvalue weighted by atomic mass is 9.96. The van der Waals surface area contributed by atoms with E-state index in [0.717, 1.165) is 4.57 Å². The van der Waals surface area contributed by atoms with E-state index in [2.05, 4.69) is 4.98 Å². The number of nitrogens with zero attached hydrogens (tertiary/aromatic N) is 1. The van der Waals surface area contributed by atoms with Gasteiger partial charge in [-0.25, -0.2) is 4.79 Å². The molecule has 0 amide bonds. The van der Waals surface area contributed by atoms with Gasteiger partial charge >= 0.3 is 13.3 Å². The number of ether oxygens (including phenoxy) is 1.